The van der Waals surface area contributed by atoms with Crippen molar-refractivity contribution < 1.29 is 9.53 Å². The molecule has 0 saturated carbocycles. The second kappa shape index (κ2) is 5.65. The standard InChI is InChI=1S/C10H18N2O2/c1-3-14-10(13)8-9(2)12-6-4-11-5-7-12/h8,11H,3-7H2,1-2H3/b9-8-. The summed E-state index contributed by atoms with van der Waals surface area (Å²) in [6.45, 7) is 8.07. The Labute approximate surface area is 84.9 Å². The number of hydrogen-bond donors (Lipinski definition) is 1. The molecule has 0 spiro atoms. The van der Waals surface area contributed by atoms with Crippen molar-refractivity contribution in [2.45, 2.75) is 13.8 Å². The Kier molecular flexibility index (Phi) is 4.46. The number of carbonyl (C=O) groups is 1. The molecule has 1 rings (SSSR count). The SMILES string of the molecule is CCOC(=O)/C=C(/C)N1CCNCC1. The zero-order valence-corrected chi connectivity index (χ0v) is 8.88. The smallest absolute Gasteiger partial charge is 0.332 e. The fourth-order valence-corrected chi connectivity index (χ4v) is 1.46. The number of esters is 1. The number of allylic oxidation sites excluding steroid dienone is 1. The van der Waals surface area contributed by atoms with Crippen molar-refractivity contribution in [3.8, 4) is 0 Å². The highest BCUT2D eigenvalue weighted by Gasteiger charge is 2.10. The summed E-state index contributed by atoms with van der Waals surface area (Å²) >= 11 is 0. The van der Waals surface area contributed by atoms with Crippen LogP contribution in [0.3, 0.4) is 0 Å². The van der Waals surface area contributed by atoms with E-state index < -0.39 is 0 Å². The Morgan fingerprint density at radius 3 is 2.71 bits per heavy atom. The zero-order valence-electron chi connectivity index (χ0n) is 8.88. The van der Waals surface area contributed by atoms with E-state index in [-0.39, 0.29) is 5.97 Å². The van der Waals surface area contributed by atoms with Crippen LogP contribution in [0, 0.1) is 0 Å². The molecule has 80 valence electrons. The first-order valence-electron chi connectivity index (χ1n) is 5.04. The van der Waals surface area contributed by atoms with Gasteiger partial charge in [-0.3, -0.25) is 0 Å². The molecule has 1 N–H and O–H groups in total. The molecule has 0 radical (unpaired) electrons. The van der Waals surface area contributed by atoms with Crippen molar-refractivity contribution in [1.82, 2.24) is 10.2 Å². The number of rotatable bonds is 3. The molecule has 1 aliphatic heterocycles. The van der Waals surface area contributed by atoms with Crippen LogP contribution in [-0.4, -0.2) is 43.7 Å². The summed E-state index contributed by atoms with van der Waals surface area (Å²) in [4.78, 5) is 13.3. The largest absolute Gasteiger partial charge is 0.463 e. The van der Waals surface area contributed by atoms with E-state index in [1.54, 1.807) is 6.08 Å². The number of nitrogens with one attached hydrogen (secondary N) is 1. The number of piperazine rings is 1. The van der Waals surface area contributed by atoms with Gasteiger partial charge in [0.25, 0.3) is 0 Å². The summed E-state index contributed by atoms with van der Waals surface area (Å²) in [5, 5.41) is 3.26. The monoisotopic (exact) mass is 198 g/mol. The highest BCUT2D eigenvalue weighted by Crippen LogP contribution is 2.04. The Bertz CT molecular complexity index is 220. The van der Waals surface area contributed by atoms with Gasteiger partial charge in [-0.2, -0.15) is 0 Å². The van der Waals surface area contributed by atoms with Gasteiger partial charge in [-0.05, 0) is 13.8 Å². The van der Waals surface area contributed by atoms with E-state index in [0.717, 1.165) is 31.9 Å². The van der Waals surface area contributed by atoms with Crippen molar-refractivity contribution in [2.75, 3.05) is 32.8 Å². The predicted octanol–water partition coefficient (Wildman–Crippen LogP) is 0.359. The minimum Gasteiger partial charge on any atom is -0.463 e. The van der Waals surface area contributed by atoms with Crippen LogP contribution >= 0.6 is 0 Å². The van der Waals surface area contributed by atoms with Gasteiger partial charge < -0.3 is 15.0 Å². The lowest BCUT2D eigenvalue weighted by molar-refractivity contribution is -0.137. The Balaban J connectivity index is 2.44. The summed E-state index contributed by atoms with van der Waals surface area (Å²) < 4.78 is 4.85. The quantitative estimate of drug-likeness (QED) is 0.525. The Morgan fingerprint density at radius 2 is 2.14 bits per heavy atom. The average molecular weight is 198 g/mol. The second-order valence-electron chi connectivity index (χ2n) is 3.27. The number of ether oxygens (including phenoxy) is 1. The fraction of sp³-hybridized carbons (Fsp3) is 0.700. The molecular formula is C10H18N2O2. The van der Waals surface area contributed by atoms with Gasteiger partial charge in [0.15, 0.2) is 0 Å². The minimum atomic E-state index is -0.247. The molecule has 1 fully saturated rings. The van der Waals surface area contributed by atoms with Gasteiger partial charge in [-0.1, -0.05) is 0 Å². The van der Waals surface area contributed by atoms with E-state index >= 15 is 0 Å². The highest BCUT2D eigenvalue weighted by atomic mass is 16.5. The van der Waals surface area contributed by atoms with Gasteiger partial charge in [0.2, 0.25) is 0 Å². The molecule has 0 aromatic rings. The van der Waals surface area contributed by atoms with Crippen LogP contribution in [-0.2, 0) is 9.53 Å². The minimum absolute atomic E-state index is 0.247. The van der Waals surface area contributed by atoms with Gasteiger partial charge in [0, 0.05) is 38.0 Å². The molecule has 0 aromatic heterocycles. The third-order valence-corrected chi connectivity index (χ3v) is 2.23. The van der Waals surface area contributed by atoms with Crippen LogP contribution < -0.4 is 5.32 Å². The number of hydrogen-bond acceptors (Lipinski definition) is 4. The van der Waals surface area contributed by atoms with Gasteiger partial charge in [0.1, 0.15) is 0 Å². The third-order valence-electron chi connectivity index (χ3n) is 2.23. The lowest BCUT2D eigenvalue weighted by Crippen LogP contribution is -2.42. The van der Waals surface area contributed by atoms with Gasteiger partial charge in [-0.25, -0.2) is 4.79 Å². The molecule has 0 atom stereocenters. The molecule has 0 amide bonds. The predicted molar refractivity (Wildman–Crippen MR) is 54.8 cm³/mol. The first kappa shape index (κ1) is 11.0. The third kappa shape index (κ3) is 3.38. The molecule has 1 aliphatic rings. The topological polar surface area (TPSA) is 41.6 Å². The summed E-state index contributed by atoms with van der Waals surface area (Å²) in [5.74, 6) is -0.247. The first-order chi connectivity index (χ1) is 6.74. The van der Waals surface area contributed by atoms with Gasteiger partial charge >= 0.3 is 5.97 Å². The maximum Gasteiger partial charge on any atom is 0.332 e. The lowest BCUT2D eigenvalue weighted by atomic mass is 10.3. The van der Waals surface area contributed by atoms with Gasteiger partial charge in [0.05, 0.1) is 6.61 Å². The normalized spacial score (nSPS) is 18.1. The van der Waals surface area contributed by atoms with E-state index in [0.29, 0.717) is 6.61 Å². The number of carbonyl (C=O) groups excluding carboxylic acids is 1. The molecule has 0 aliphatic carbocycles. The van der Waals surface area contributed by atoms with Crippen LogP contribution in [0.1, 0.15) is 13.8 Å². The van der Waals surface area contributed by atoms with Crippen LogP contribution in [0.15, 0.2) is 11.8 Å². The van der Waals surface area contributed by atoms with Crippen molar-refractivity contribution in [3.63, 3.8) is 0 Å². The van der Waals surface area contributed by atoms with E-state index in [1.165, 1.54) is 0 Å². The summed E-state index contributed by atoms with van der Waals surface area (Å²) in [7, 11) is 0. The van der Waals surface area contributed by atoms with Crippen LogP contribution in [0.25, 0.3) is 0 Å². The molecule has 4 heteroatoms. The molecule has 1 heterocycles. The Hall–Kier alpha value is -1.03. The molecule has 4 nitrogen and oxygen atoms in total. The summed E-state index contributed by atoms with van der Waals surface area (Å²) in [5.41, 5.74) is 0.991. The van der Waals surface area contributed by atoms with Gasteiger partial charge in [-0.15, -0.1) is 0 Å². The molecule has 0 aromatic carbocycles. The molecule has 0 unspecified atom stereocenters. The maximum absolute atomic E-state index is 11.2. The van der Waals surface area contributed by atoms with Crippen molar-refractivity contribution >= 4 is 5.97 Å². The molecule has 14 heavy (non-hydrogen) atoms. The summed E-state index contributed by atoms with van der Waals surface area (Å²) in [6, 6.07) is 0. The van der Waals surface area contributed by atoms with Crippen LogP contribution in [0.4, 0.5) is 0 Å². The van der Waals surface area contributed by atoms with Crippen molar-refractivity contribution in [3.05, 3.63) is 11.8 Å². The van der Waals surface area contributed by atoms with Crippen molar-refractivity contribution in [2.24, 2.45) is 0 Å². The van der Waals surface area contributed by atoms with E-state index in [9.17, 15) is 4.79 Å². The van der Waals surface area contributed by atoms with Crippen molar-refractivity contribution in [1.29, 1.82) is 0 Å². The van der Waals surface area contributed by atoms with E-state index in [1.807, 2.05) is 13.8 Å². The summed E-state index contributed by atoms with van der Waals surface area (Å²) in [6.07, 6.45) is 1.56. The van der Waals surface area contributed by atoms with E-state index in [4.69, 9.17) is 4.74 Å². The first-order valence-corrected chi connectivity index (χ1v) is 5.04. The average Bonchev–Trinajstić information content (AvgIpc) is 2.19. The molecule has 1 saturated heterocycles. The maximum atomic E-state index is 11.2. The zero-order chi connectivity index (χ0) is 10.4. The van der Waals surface area contributed by atoms with Crippen LogP contribution in [0.2, 0.25) is 0 Å². The van der Waals surface area contributed by atoms with Crippen LogP contribution in [0.5, 0.6) is 0 Å². The lowest BCUT2D eigenvalue weighted by Gasteiger charge is -2.29. The fourth-order valence-electron chi connectivity index (χ4n) is 1.46. The number of nitrogens with zero attached hydrogens (tertiary/aromatic N) is 1. The Morgan fingerprint density at radius 1 is 1.50 bits per heavy atom. The molecule has 0 bridgehead atoms. The molecular weight excluding hydrogens is 180 g/mol. The highest BCUT2D eigenvalue weighted by molar-refractivity contribution is 5.82. The second-order valence-corrected chi connectivity index (χ2v) is 3.27. The van der Waals surface area contributed by atoms with E-state index in [2.05, 4.69) is 10.2 Å².